The molecule has 12 nitrogen and oxygen atoms in total. The number of nitro benzene ring substituents is 2. The number of hydrogen-bond acceptors (Lipinski definition) is 8. The van der Waals surface area contributed by atoms with Gasteiger partial charge in [0.25, 0.3) is 11.7 Å². The molecule has 1 heterocycles. The monoisotopic (exact) mass is 430 g/mol. The van der Waals surface area contributed by atoms with Crippen LogP contribution in [0, 0.1) is 20.2 Å². The van der Waals surface area contributed by atoms with Gasteiger partial charge in [-0.15, -0.1) is 0 Å². The van der Waals surface area contributed by atoms with Crippen LogP contribution >= 0.6 is 0 Å². The maximum absolute atomic E-state index is 12.2. The van der Waals surface area contributed by atoms with Crippen LogP contribution in [0.25, 0.3) is 0 Å². The third-order valence-corrected chi connectivity index (χ3v) is 4.91. The highest BCUT2D eigenvalue weighted by atomic mass is 16.6. The topological polar surface area (TPSA) is 163 Å². The number of hydrogen-bond donors (Lipinski definition) is 2. The minimum atomic E-state index is -1.36. The summed E-state index contributed by atoms with van der Waals surface area (Å²) < 4.78 is 10.5. The molecule has 2 N–H and O–H groups in total. The molecule has 0 aliphatic carbocycles. The van der Waals surface area contributed by atoms with Crippen LogP contribution in [0.5, 0.6) is 17.2 Å². The van der Waals surface area contributed by atoms with E-state index in [0.717, 1.165) is 12.1 Å². The van der Waals surface area contributed by atoms with E-state index >= 15 is 0 Å². The molecule has 162 valence electrons. The van der Waals surface area contributed by atoms with Crippen LogP contribution in [0.2, 0.25) is 0 Å². The number of carbonyl (C=O) groups is 2. The van der Waals surface area contributed by atoms with Gasteiger partial charge in [0.15, 0.2) is 0 Å². The fourth-order valence-electron chi connectivity index (χ4n) is 3.27. The number of methoxy groups -OCH3 is 1. The summed E-state index contributed by atoms with van der Waals surface area (Å²) in [6, 6.07) is 7.47. The number of carbonyl (C=O) groups excluding carboxylic acids is 2. The van der Waals surface area contributed by atoms with Crippen molar-refractivity contribution in [1.82, 2.24) is 10.6 Å². The van der Waals surface area contributed by atoms with Gasteiger partial charge in [-0.2, -0.15) is 0 Å². The Kier molecular flexibility index (Phi) is 5.72. The summed E-state index contributed by atoms with van der Waals surface area (Å²) in [5.41, 5.74) is -2.52. The van der Waals surface area contributed by atoms with Crippen molar-refractivity contribution in [3.05, 3.63) is 62.2 Å². The molecule has 3 amide bonds. The van der Waals surface area contributed by atoms with Gasteiger partial charge in [-0.05, 0) is 36.2 Å². The normalized spacial score (nSPS) is 17.6. The molecule has 0 aromatic heterocycles. The van der Waals surface area contributed by atoms with E-state index in [0.29, 0.717) is 5.75 Å². The number of nitro groups is 2. The third-order valence-electron chi connectivity index (χ3n) is 4.91. The predicted molar refractivity (Wildman–Crippen MR) is 106 cm³/mol. The molecule has 0 bridgehead atoms. The Labute approximate surface area is 175 Å². The van der Waals surface area contributed by atoms with E-state index in [1.807, 2.05) is 0 Å². The molecular weight excluding hydrogens is 412 g/mol. The first-order chi connectivity index (χ1) is 14.7. The lowest BCUT2D eigenvalue weighted by atomic mass is 9.88. The van der Waals surface area contributed by atoms with Gasteiger partial charge < -0.3 is 14.8 Å². The quantitative estimate of drug-likeness (QED) is 0.367. The standard InChI is InChI=1S/C19H18N4O8/c1-3-19(17(24)20-18(25)21-19)10-11-8-14(22(26)27)16(15(9-11)23(28)29)31-13-6-4-12(30-2)5-7-13/h4-9H,3,10H2,1-2H3,(H2,20,21,24,25). The number of nitrogens with zero attached hydrogens (tertiary/aromatic N) is 2. The number of urea groups is 1. The zero-order valence-corrected chi connectivity index (χ0v) is 16.5. The average Bonchev–Trinajstić information content (AvgIpc) is 3.02. The molecule has 3 rings (SSSR count). The zero-order chi connectivity index (χ0) is 22.8. The van der Waals surface area contributed by atoms with Gasteiger partial charge in [-0.25, -0.2) is 4.79 Å². The van der Waals surface area contributed by atoms with E-state index in [4.69, 9.17) is 9.47 Å². The smallest absolute Gasteiger partial charge is 0.322 e. The lowest BCUT2D eigenvalue weighted by Gasteiger charge is -2.24. The third kappa shape index (κ3) is 4.22. The first kappa shape index (κ1) is 21.5. The average molecular weight is 430 g/mol. The van der Waals surface area contributed by atoms with Crippen molar-refractivity contribution in [3.8, 4) is 17.2 Å². The van der Waals surface area contributed by atoms with Crippen molar-refractivity contribution in [3.63, 3.8) is 0 Å². The highest BCUT2D eigenvalue weighted by Gasteiger charge is 2.45. The maximum Gasteiger partial charge on any atom is 0.322 e. The molecule has 0 radical (unpaired) electrons. The summed E-state index contributed by atoms with van der Waals surface area (Å²) in [5, 5.41) is 28.0. The van der Waals surface area contributed by atoms with Crippen LogP contribution < -0.4 is 20.1 Å². The Bertz CT molecular complexity index is 1030. The molecule has 0 spiro atoms. The number of nitrogens with one attached hydrogen (secondary N) is 2. The molecule has 12 heteroatoms. The van der Waals surface area contributed by atoms with Gasteiger partial charge in [-0.1, -0.05) is 6.92 Å². The van der Waals surface area contributed by atoms with Crippen molar-refractivity contribution < 1.29 is 28.9 Å². The fraction of sp³-hybridized carbons (Fsp3) is 0.263. The molecule has 1 saturated heterocycles. The Morgan fingerprint density at radius 1 is 1.00 bits per heavy atom. The summed E-state index contributed by atoms with van der Waals surface area (Å²) >= 11 is 0. The summed E-state index contributed by atoms with van der Waals surface area (Å²) in [5.74, 6) is -0.515. The molecule has 2 aromatic carbocycles. The van der Waals surface area contributed by atoms with Gasteiger partial charge in [-0.3, -0.25) is 30.3 Å². The Morgan fingerprint density at radius 2 is 1.55 bits per heavy atom. The first-order valence-corrected chi connectivity index (χ1v) is 9.10. The van der Waals surface area contributed by atoms with E-state index in [1.54, 1.807) is 6.92 Å². The predicted octanol–water partition coefficient (Wildman–Crippen LogP) is 2.83. The van der Waals surface area contributed by atoms with Crippen molar-refractivity contribution in [2.75, 3.05) is 7.11 Å². The maximum atomic E-state index is 12.2. The number of imide groups is 1. The van der Waals surface area contributed by atoms with E-state index in [-0.39, 0.29) is 24.2 Å². The fourth-order valence-corrected chi connectivity index (χ4v) is 3.27. The van der Waals surface area contributed by atoms with Crippen molar-refractivity contribution in [2.45, 2.75) is 25.3 Å². The second-order valence-corrected chi connectivity index (χ2v) is 6.78. The van der Waals surface area contributed by atoms with Crippen molar-refractivity contribution in [1.29, 1.82) is 0 Å². The molecule has 1 unspecified atom stereocenters. The Morgan fingerprint density at radius 3 is 1.97 bits per heavy atom. The van der Waals surface area contributed by atoms with Gasteiger partial charge in [0.05, 0.1) is 17.0 Å². The van der Waals surface area contributed by atoms with Gasteiger partial charge in [0, 0.05) is 18.6 Å². The van der Waals surface area contributed by atoms with E-state index in [2.05, 4.69) is 10.6 Å². The van der Waals surface area contributed by atoms with Crippen LogP contribution in [0.1, 0.15) is 18.9 Å². The van der Waals surface area contributed by atoms with Crippen LogP contribution in [-0.4, -0.2) is 34.4 Å². The lowest BCUT2D eigenvalue weighted by Crippen LogP contribution is -2.48. The number of rotatable bonds is 8. The molecule has 1 fully saturated rings. The largest absolute Gasteiger partial charge is 0.497 e. The van der Waals surface area contributed by atoms with Gasteiger partial charge in [0.1, 0.15) is 17.0 Å². The van der Waals surface area contributed by atoms with Crippen molar-refractivity contribution in [2.24, 2.45) is 0 Å². The Hall–Kier alpha value is -4.22. The zero-order valence-electron chi connectivity index (χ0n) is 16.5. The molecule has 2 aromatic rings. The second kappa shape index (κ2) is 8.26. The number of amides is 3. The number of ether oxygens (including phenoxy) is 2. The molecule has 1 aliphatic rings. The minimum absolute atomic E-state index is 0.125. The van der Waals surface area contributed by atoms with Crippen LogP contribution in [0.4, 0.5) is 16.2 Å². The van der Waals surface area contributed by atoms with E-state index in [1.165, 1.54) is 31.4 Å². The summed E-state index contributed by atoms with van der Waals surface area (Å²) in [7, 11) is 1.46. The second-order valence-electron chi connectivity index (χ2n) is 6.78. The molecular formula is C19H18N4O8. The first-order valence-electron chi connectivity index (χ1n) is 9.10. The summed E-state index contributed by atoms with van der Waals surface area (Å²) in [6.07, 6.45) is 0.00182. The van der Waals surface area contributed by atoms with E-state index < -0.39 is 44.4 Å². The Balaban J connectivity index is 2.06. The molecule has 1 atom stereocenters. The molecule has 31 heavy (non-hydrogen) atoms. The van der Waals surface area contributed by atoms with Crippen LogP contribution in [0.3, 0.4) is 0 Å². The summed E-state index contributed by atoms with van der Waals surface area (Å²) in [6.45, 7) is 1.65. The molecule has 1 aliphatic heterocycles. The lowest BCUT2D eigenvalue weighted by molar-refractivity contribution is -0.395. The minimum Gasteiger partial charge on any atom is -0.497 e. The van der Waals surface area contributed by atoms with Crippen LogP contribution in [-0.2, 0) is 11.2 Å². The SMILES string of the molecule is CCC1(Cc2cc([N+](=O)[O-])c(Oc3ccc(OC)cc3)c([N+](=O)[O-])c2)NC(=O)NC1=O. The number of benzene rings is 2. The van der Waals surface area contributed by atoms with Gasteiger partial charge >= 0.3 is 17.4 Å². The van der Waals surface area contributed by atoms with Crippen LogP contribution in [0.15, 0.2) is 36.4 Å². The highest BCUT2D eigenvalue weighted by Crippen LogP contribution is 2.42. The van der Waals surface area contributed by atoms with Gasteiger partial charge in [0.2, 0.25) is 0 Å². The summed E-state index contributed by atoms with van der Waals surface area (Å²) in [4.78, 5) is 45.6. The van der Waals surface area contributed by atoms with E-state index in [9.17, 15) is 29.8 Å². The molecule has 0 saturated carbocycles. The highest BCUT2D eigenvalue weighted by molar-refractivity contribution is 6.07. The van der Waals surface area contributed by atoms with Crippen molar-refractivity contribution >= 4 is 23.3 Å².